The first-order valence-corrected chi connectivity index (χ1v) is 8.34. The molecule has 9 heteroatoms. The third-order valence-electron chi connectivity index (χ3n) is 4.56. The Morgan fingerprint density at radius 2 is 2.07 bits per heavy atom. The van der Waals surface area contributed by atoms with E-state index in [1.165, 1.54) is 6.20 Å². The zero-order valence-corrected chi connectivity index (χ0v) is 14.9. The van der Waals surface area contributed by atoms with Gasteiger partial charge in [-0.15, -0.1) is 0 Å². The highest BCUT2D eigenvalue weighted by Gasteiger charge is 2.39. The molecule has 1 aromatic carbocycles. The minimum absolute atomic E-state index is 0.0738. The number of aldehydes is 1. The smallest absolute Gasteiger partial charge is 0.405 e. The molecule has 0 radical (unpaired) electrons. The molecule has 2 aromatic rings. The largest absolute Gasteiger partial charge is 0.441 e. The molecule has 0 aliphatic carbocycles. The molecule has 1 atom stereocenters. The van der Waals surface area contributed by atoms with Crippen LogP contribution in [0.5, 0.6) is 0 Å². The van der Waals surface area contributed by atoms with Gasteiger partial charge >= 0.3 is 6.09 Å². The summed E-state index contributed by atoms with van der Waals surface area (Å²) in [4.78, 5) is 28.5. The highest BCUT2D eigenvalue weighted by atomic mass is 19.1. The van der Waals surface area contributed by atoms with Gasteiger partial charge in [0, 0.05) is 30.8 Å². The minimum atomic E-state index is -0.931. The summed E-state index contributed by atoms with van der Waals surface area (Å²) >= 11 is 0. The van der Waals surface area contributed by atoms with E-state index < -0.39 is 23.3 Å². The van der Waals surface area contributed by atoms with Crippen molar-refractivity contribution in [3.05, 3.63) is 47.3 Å². The van der Waals surface area contributed by atoms with E-state index in [0.717, 1.165) is 12.1 Å². The number of ether oxygens (including phenoxy) is 1. The molecule has 28 heavy (non-hydrogen) atoms. The predicted molar refractivity (Wildman–Crippen MR) is 95.6 cm³/mol. The Labute approximate surface area is 159 Å². The fraction of sp³-hybridized carbons (Fsp3) is 0.263. The first-order chi connectivity index (χ1) is 13.3. The van der Waals surface area contributed by atoms with Gasteiger partial charge < -0.3 is 15.4 Å². The number of nitriles is 1. The molecule has 1 amide bonds. The van der Waals surface area contributed by atoms with Crippen LogP contribution in [0.2, 0.25) is 0 Å². The standard InChI is InChI=1S/C19H16F2N4O3/c1-19(28-18(23)27)2-3-25(10-19)17-12(9-26)8-24-15(7-22)16(17)11-4-13(20)6-14(21)5-11/h4-6,8-9H,2-3,10H2,1H3,(H2,23,27)/t19-/m0/s1. The van der Waals surface area contributed by atoms with Crippen LogP contribution in [0.3, 0.4) is 0 Å². The van der Waals surface area contributed by atoms with Crippen molar-refractivity contribution in [3.8, 4) is 17.2 Å². The van der Waals surface area contributed by atoms with Crippen LogP contribution in [0, 0.1) is 23.0 Å². The van der Waals surface area contributed by atoms with Crippen molar-refractivity contribution >= 4 is 18.1 Å². The van der Waals surface area contributed by atoms with Crippen LogP contribution in [-0.2, 0) is 4.74 Å². The second-order valence-corrected chi connectivity index (χ2v) is 6.72. The van der Waals surface area contributed by atoms with E-state index in [-0.39, 0.29) is 28.9 Å². The van der Waals surface area contributed by atoms with E-state index in [0.29, 0.717) is 31.0 Å². The Hall–Kier alpha value is -3.54. The maximum Gasteiger partial charge on any atom is 0.405 e. The van der Waals surface area contributed by atoms with Gasteiger partial charge in [0.15, 0.2) is 6.29 Å². The van der Waals surface area contributed by atoms with Gasteiger partial charge in [0.1, 0.15) is 29.0 Å². The van der Waals surface area contributed by atoms with Crippen LogP contribution < -0.4 is 10.6 Å². The number of carbonyl (C=O) groups excluding carboxylic acids is 2. The van der Waals surface area contributed by atoms with Gasteiger partial charge in [0.25, 0.3) is 0 Å². The van der Waals surface area contributed by atoms with Gasteiger partial charge in [0.05, 0.1) is 17.8 Å². The summed E-state index contributed by atoms with van der Waals surface area (Å²) in [5, 5.41) is 9.48. The first kappa shape index (κ1) is 19.2. The van der Waals surface area contributed by atoms with Gasteiger partial charge in [-0.3, -0.25) is 4.79 Å². The number of nitrogens with two attached hydrogens (primary N) is 1. The Kier molecular flexibility index (Phi) is 4.96. The Balaban J connectivity index is 2.19. The quantitative estimate of drug-likeness (QED) is 0.809. The van der Waals surface area contributed by atoms with Crippen molar-refractivity contribution in [2.45, 2.75) is 18.9 Å². The molecule has 0 unspecified atom stereocenters. The fourth-order valence-electron chi connectivity index (χ4n) is 3.45. The number of primary amides is 1. The Bertz CT molecular complexity index is 985. The molecular formula is C19H16F2N4O3. The molecule has 1 aliphatic heterocycles. The third kappa shape index (κ3) is 3.62. The number of hydrogen-bond acceptors (Lipinski definition) is 6. The highest BCUT2D eigenvalue weighted by Crippen LogP contribution is 2.39. The monoisotopic (exact) mass is 386 g/mol. The zero-order chi connectivity index (χ0) is 20.5. The number of nitrogens with zero attached hydrogens (tertiary/aromatic N) is 3. The Morgan fingerprint density at radius 1 is 1.39 bits per heavy atom. The minimum Gasteiger partial charge on any atom is -0.441 e. The lowest BCUT2D eigenvalue weighted by molar-refractivity contribution is 0.0480. The molecule has 0 spiro atoms. The summed E-state index contributed by atoms with van der Waals surface area (Å²) in [5.74, 6) is -1.66. The lowest BCUT2D eigenvalue weighted by atomic mass is 9.98. The lowest BCUT2D eigenvalue weighted by Crippen LogP contribution is -2.37. The number of hydrogen-bond donors (Lipinski definition) is 1. The number of carbonyl (C=O) groups is 2. The number of pyridine rings is 1. The van der Waals surface area contributed by atoms with Crippen molar-refractivity contribution in [1.29, 1.82) is 5.26 Å². The summed E-state index contributed by atoms with van der Waals surface area (Å²) in [6, 6.07) is 4.73. The van der Waals surface area contributed by atoms with Crippen LogP contribution in [0.15, 0.2) is 24.4 Å². The number of anilines is 1. The van der Waals surface area contributed by atoms with Crippen LogP contribution in [0.1, 0.15) is 29.4 Å². The van der Waals surface area contributed by atoms with Crippen molar-refractivity contribution < 1.29 is 23.1 Å². The van der Waals surface area contributed by atoms with E-state index >= 15 is 0 Å². The van der Waals surface area contributed by atoms with Crippen molar-refractivity contribution in [2.24, 2.45) is 5.73 Å². The van der Waals surface area contributed by atoms with Crippen LogP contribution in [0.25, 0.3) is 11.1 Å². The molecule has 1 aliphatic rings. The lowest BCUT2D eigenvalue weighted by Gasteiger charge is -2.27. The van der Waals surface area contributed by atoms with Crippen molar-refractivity contribution in [2.75, 3.05) is 18.0 Å². The number of benzene rings is 1. The molecule has 2 N–H and O–H groups in total. The van der Waals surface area contributed by atoms with Crippen molar-refractivity contribution in [3.63, 3.8) is 0 Å². The van der Waals surface area contributed by atoms with Gasteiger partial charge in [-0.05, 0) is 24.6 Å². The van der Waals surface area contributed by atoms with Crippen molar-refractivity contribution in [1.82, 2.24) is 4.98 Å². The van der Waals surface area contributed by atoms with E-state index in [2.05, 4.69) is 4.98 Å². The molecular weight excluding hydrogens is 370 g/mol. The maximum absolute atomic E-state index is 13.8. The number of amides is 1. The average Bonchev–Trinajstić information content (AvgIpc) is 3.00. The summed E-state index contributed by atoms with van der Waals surface area (Å²) in [7, 11) is 0. The van der Waals surface area contributed by atoms with E-state index in [9.17, 15) is 23.6 Å². The van der Waals surface area contributed by atoms with Gasteiger partial charge in [-0.25, -0.2) is 18.6 Å². The second kappa shape index (κ2) is 7.23. The molecule has 1 fully saturated rings. The number of rotatable bonds is 4. The summed E-state index contributed by atoms with van der Waals surface area (Å²) < 4.78 is 32.8. The number of halogens is 2. The van der Waals surface area contributed by atoms with E-state index in [4.69, 9.17) is 10.5 Å². The molecule has 0 saturated carbocycles. The molecule has 1 aromatic heterocycles. The maximum atomic E-state index is 13.8. The van der Waals surface area contributed by atoms with Gasteiger partial charge in [-0.2, -0.15) is 5.26 Å². The van der Waals surface area contributed by atoms with Crippen LogP contribution >= 0.6 is 0 Å². The molecule has 0 bridgehead atoms. The molecule has 3 rings (SSSR count). The van der Waals surface area contributed by atoms with Gasteiger partial charge in [-0.1, -0.05) is 0 Å². The first-order valence-electron chi connectivity index (χ1n) is 8.34. The number of aromatic nitrogens is 1. The van der Waals surface area contributed by atoms with E-state index in [1.54, 1.807) is 11.8 Å². The zero-order valence-electron chi connectivity index (χ0n) is 14.9. The summed E-state index contributed by atoms with van der Waals surface area (Å²) in [6.45, 7) is 2.23. The average molecular weight is 386 g/mol. The van der Waals surface area contributed by atoms with E-state index in [1.807, 2.05) is 6.07 Å². The third-order valence-corrected chi connectivity index (χ3v) is 4.56. The normalized spacial score (nSPS) is 18.6. The topological polar surface area (TPSA) is 109 Å². The Morgan fingerprint density at radius 3 is 2.64 bits per heavy atom. The summed E-state index contributed by atoms with van der Waals surface area (Å²) in [5.41, 5.74) is 4.77. The molecule has 7 nitrogen and oxygen atoms in total. The van der Waals surface area contributed by atoms with Gasteiger partial charge in [0.2, 0.25) is 0 Å². The molecule has 1 saturated heterocycles. The fourth-order valence-corrected chi connectivity index (χ4v) is 3.45. The van der Waals surface area contributed by atoms with Crippen LogP contribution in [-0.4, -0.2) is 36.1 Å². The second-order valence-electron chi connectivity index (χ2n) is 6.72. The highest BCUT2D eigenvalue weighted by molar-refractivity contribution is 5.94. The molecule has 2 heterocycles. The molecule has 144 valence electrons. The van der Waals surface area contributed by atoms with Crippen LogP contribution in [0.4, 0.5) is 19.3 Å². The summed E-state index contributed by atoms with van der Waals surface area (Å²) in [6.07, 6.45) is 1.26. The SMILES string of the molecule is C[C@]1(OC(N)=O)CCN(c2c(C=O)cnc(C#N)c2-c2cc(F)cc(F)c2)C1. The predicted octanol–water partition coefficient (Wildman–Crippen LogP) is 2.78.